The van der Waals surface area contributed by atoms with E-state index in [1.165, 1.54) is 25.8 Å². The molecule has 0 saturated carbocycles. The average molecular weight is 566 g/mol. The van der Waals surface area contributed by atoms with Crippen LogP contribution in [0.4, 0.5) is 10.8 Å². The molecule has 1 amide bonds. The minimum absolute atomic E-state index is 0.0854. The number of carbonyl (C=O) groups excluding carboxylic acids is 1. The number of piperidine rings is 2. The number of aromatic nitrogens is 3. The van der Waals surface area contributed by atoms with Gasteiger partial charge in [0.1, 0.15) is 5.75 Å². The van der Waals surface area contributed by atoms with Gasteiger partial charge >= 0.3 is 0 Å². The van der Waals surface area contributed by atoms with Gasteiger partial charge in [-0.05, 0) is 88.9 Å². The Bertz CT molecular complexity index is 1200. The number of hydrogen-bond acceptors (Lipinski definition) is 8. The van der Waals surface area contributed by atoms with E-state index < -0.39 is 0 Å². The van der Waals surface area contributed by atoms with Gasteiger partial charge in [-0.25, -0.2) is 0 Å². The molecule has 216 valence electrons. The molecule has 2 N–H and O–H groups in total. The third-order valence-electron chi connectivity index (χ3n) is 8.08. The highest BCUT2D eigenvalue weighted by Gasteiger charge is 2.27. The van der Waals surface area contributed by atoms with Crippen molar-refractivity contribution in [3.05, 3.63) is 48.3 Å². The van der Waals surface area contributed by atoms with Crippen LogP contribution in [0.25, 0.3) is 5.13 Å². The lowest BCUT2D eigenvalue weighted by Gasteiger charge is -2.33. The number of nitrogens with one attached hydrogen (secondary N) is 2. The molecule has 0 unspecified atom stereocenters. The molecule has 0 aliphatic carbocycles. The van der Waals surface area contributed by atoms with Gasteiger partial charge in [0.2, 0.25) is 16.2 Å². The van der Waals surface area contributed by atoms with Crippen molar-refractivity contribution in [1.29, 1.82) is 0 Å². The molecule has 0 bridgehead atoms. The normalized spacial score (nSPS) is 18.6. The molecular weight excluding hydrogens is 522 g/mol. The zero-order valence-corrected chi connectivity index (χ0v) is 24.7. The van der Waals surface area contributed by atoms with Crippen LogP contribution in [0.3, 0.4) is 0 Å². The van der Waals surface area contributed by atoms with Crippen molar-refractivity contribution in [3.8, 4) is 10.9 Å². The molecule has 1 atom stereocenters. The summed E-state index contributed by atoms with van der Waals surface area (Å²) < 4.78 is 7.62. The van der Waals surface area contributed by atoms with Crippen molar-refractivity contribution in [2.24, 2.45) is 5.92 Å². The summed E-state index contributed by atoms with van der Waals surface area (Å²) in [6.45, 7) is 10.4. The number of benzene rings is 1. The number of hydrogen-bond donors (Lipinski definition) is 2. The fourth-order valence-corrected chi connectivity index (χ4v) is 6.58. The van der Waals surface area contributed by atoms with E-state index in [2.05, 4.69) is 48.2 Å². The van der Waals surface area contributed by atoms with Gasteiger partial charge in [-0.15, -0.1) is 10.2 Å². The maximum absolute atomic E-state index is 12.8. The van der Waals surface area contributed by atoms with Crippen LogP contribution in [-0.2, 0) is 11.3 Å². The molecule has 3 aromatic rings. The standard InChI is InChI=1S/C30H43N7O2S/c1-3-39-27-12-10-25(11-13-27)32-22-26-9-6-19-37(26)30-34-33-29(40-30)36-20-14-24(15-21-36)28(38)31-16-7-18-35-17-5-4-8-23(35)2/h6,9-13,19,23-24,32H,3-5,7-8,14-18,20-22H2,1-2H3,(H,31,38)/t23-/m1/s1. The summed E-state index contributed by atoms with van der Waals surface area (Å²) in [5, 5.41) is 17.4. The Balaban J connectivity index is 1.06. The van der Waals surface area contributed by atoms with Crippen molar-refractivity contribution in [2.75, 3.05) is 49.5 Å². The zero-order valence-electron chi connectivity index (χ0n) is 23.8. The Labute approximate surface area is 241 Å². The Morgan fingerprint density at radius 2 is 1.85 bits per heavy atom. The third kappa shape index (κ3) is 7.34. The Morgan fingerprint density at radius 3 is 2.62 bits per heavy atom. The molecule has 2 aromatic heterocycles. The predicted molar refractivity (Wildman–Crippen MR) is 162 cm³/mol. The average Bonchev–Trinajstić information content (AvgIpc) is 3.66. The molecule has 9 nitrogen and oxygen atoms in total. The first-order valence-corrected chi connectivity index (χ1v) is 15.7. The van der Waals surface area contributed by atoms with Gasteiger partial charge < -0.3 is 25.2 Å². The van der Waals surface area contributed by atoms with Crippen molar-refractivity contribution in [1.82, 2.24) is 25.0 Å². The van der Waals surface area contributed by atoms with E-state index in [1.54, 1.807) is 11.3 Å². The topological polar surface area (TPSA) is 87.5 Å². The van der Waals surface area contributed by atoms with Gasteiger partial charge in [0.15, 0.2) is 0 Å². The number of anilines is 2. The molecule has 5 rings (SSSR count). The second kappa shape index (κ2) is 14.0. The number of rotatable bonds is 12. The van der Waals surface area contributed by atoms with Gasteiger partial charge in [-0.3, -0.25) is 9.36 Å². The first-order valence-electron chi connectivity index (χ1n) is 14.8. The number of carbonyl (C=O) groups is 1. The first-order chi connectivity index (χ1) is 19.6. The van der Waals surface area contributed by atoms with Crippen molar-refractivity contribution in [3.63, 3.8) is 0 Å². The van der Waals surface area contributed by atoms with E-state index in [1.807, 2.05) is 43.5 Å². The molecule has 2 fully saturated rings. The van der Waals surface area contributed by atoms with E-state index in [9.17, 15) is 4.79 Å². The maximum Gasteiger partial charge on any atom is 0.223 e. The quantitative estimate of drug-likeness (QED) is 0.301. The van der Waals surface area contributed by atoms with Gasteiger partial charge in [0.05, 0.1) is 13.2 Å². The molecule has 4 heterocycles. The summed E-state index contributed by atoms with van der Waals surface area (Å²) >= 11 is 1.60. The number of amides is 1. The van der Waals surface area contributed by atoms with E-state index >= 15 is 0 Å². The fourth-order valence-electron chi connectivity index (χ4n) is 5.67. The molecule has 2 saturated heterocycles. The molecule has 2 aliphatic heterocycles. The highest BCUT2D eigenvalue weighted by Crippen LogP contribution is 2.29. The molecule has 0 radical (unpaired) electrons. The summed E-state index contributed by atoms with van der Waals surface area (Å²) in [6, 6.07) is 12.8. The van der Waals surface area contributed by atoms with Crippen LogP contribution < -0.4 is 20.3 Å². The zero-order chi connectivity index (χ0) is 27.7. The third-order valence-corrected chi connectivity index (χ3v) is 9.06. The second-order valence-corrected chi connectivity index (χ2v) is 11.8. The summed E-state index contributed by atoms with van der Waals surface area (Å²) in [6.07, 6.45) is 8.72. The van der Waals surface area contributed by atoms with Crippen LogP contribution in [0.1, 0.15) is 58.1 Å². The van der Waals surface area contributed by atoms with Crippen molar-refractivity contribution >= 4 is 28.1 Å². The lowest BCUT2D eigenvalue weighted by Crippen LogP contribution is -2.42. The molecule has 0 spiro atoms. The first kappa shape index (κ1) is 28.4. The highest BCUT2D eigenvalue weighted by atomic mass is 32.1. The SMILES string of the molecule is CCOc1ccc(NCc2cccn2-c2nnc(N3CCC(C(=O)NCCCN4CCCC[C@H]4C)CC3)s2)cc1. The van der Waals surface area contributed by atoms with Crippen molar-refractivity contribution < 1.29 is 9.53 Å². The minimum Gasteiger partial charge on any atom is -0.494 e. The van der Waals surface area contributed by atoms with Gasteiger partial charge in [-0.2, -0.15) is 0 Å². The van der Waals surface area contributed by atoms with Gasteiger partial charge in [-0.1, -0.05) is 17.8 Å². The van der Waals surface area contributed by atoms with Crippen LogP contribution in [0.2, 0.25) is 0 Å². The lowest BCUT2D eigenvalue weighted by molar-refractivity contribution is -0.125. The monoisotopic (exact) mass is 565 g/mol. The Kier molecular flexibility index (Phi) is 9.94. The van der Waals surface area contributed by atoms with Gasteiger partial charge in [0, 0.05) is 55.7 Å². The van der Waals surface area contributed by atoms with Crippen LogP contribution >= 0.6 is 11.3 Å². The fraction of sp³-hybridized carbons (Fsp3) is 0.567. The van der Waals surface area contributed by atoms with Crippen molar-refractivity contribution in [2.45, 2.75) is 65.0 Å². The summed E-state index contributed by atoms with van der Waals surface area (Å²) in [7, 11) is 0. The largest absolute Gasteiger partial charge is 0.494 e. The minimum atomic E-state index is 0.0854. The van der Waals surface area contributed by atoms with Crippen LogP contribution in [0, 0.1) is 5.92 Å². The molecule has 2 aliphatic rings. The molecular formula is C30H43N7O2S. The van der Waals surface area contributed by atoms with E-state index in [4.69, 9.17) is 4.74 Å². The second-order valence-electron chi connectivity index (χ2n) is 10.8. The summed E-state index contributed by atoms with van der Waals surface area (Å²) in [5.74, 6) is 1.17. The smallest absolute Gasteiger partial charge is 0.223 e. The Morgan fingerprint density at radius 1 is 1.05 bits per heavy atom. The number of ether oxygens (including phenoxy) is 1. The summed E-state index contributed by atoms with van der Waals surface area (Å²) in [5.41, 5.74) is 2.15. The van der Waals surface area contributed by atoms with Crippen LogP contribution in [0.15, 0.2) is 42.6 Å². The van der Waals surface area contributed by atoms with Crippen LogP contribution in [-0.4, -0.2) is 70.9 Å². The van der Waals surface area contributed by atoms with E-state index in [-0.39, 0.29) is 11.8 Å². The summed E-state index contributed by atoms with van der Waals surface area (Å²) in [4.78, 5) is 17.6. The Hall–Kier alpha value is -3.11. The number of likely N-dealkylation sites (tertiary alicyclic amines) is 1. The molecule has 40 heavy (non-hydrogen) atoms. The van der Waals surface area contributed by atoms with E-state index in [0.29, 0.717) is 19.2 Å². The van der Waals surface area contributed by atoms with E-state index in [0.717, 1.165) is 72.8 Å². The molecule has 10 heteroatoms. The predicted octanol–water partition coefficient (Wildman–Crippen LogP) is 4.94. The molecule has 1 aromatic carbocycles. The van der Waals surface area contributed by atoms with Gasteiger partial charge in [0.25, 0.3) is 0 Å². The maximum atomic E-state index is 12.8. The highest BCUT2D eigenvalue weighted by molar-refractivity contribution is 7.17. The number of nitrogens with zero attached hydrogens (tertiary/aromatic N) is 5. The lowest BCUT2D eigenvalue weighted by atomic mass is 9.96. The van der Waals surface area contributed by atoms with Crippen LogP contribution in [0.5, 0.6) is 5.75 Å².